The van der Waals surface area contributed by atoms with Gasteiger partial charge in [0.05, 0.1) is 11.9 Å². The smallest absolute Gasteiger partial charge is 0.283 e. The topological polar surface area (TPSA) is 76.0 Å². The summed E-state index contributed by atoms with van der Waals surface area (Å²) in [6, 6.07) is 0.347. The zero-order valence-electron chi connectivity index (χ0n) is 17.1. The van der Waals surface area contributed by atoms with E-state index in [4.69, 9.17) is 0 Å². The maximum absolute atomic E-state index is 12.6. The summed E-state index contributed by atoms with van der Waals surface area (Å²) in [5, 5.41) is 10.6. The molecule has 2 N–H and O–H groups in total. The molecule has 0 saturated heterocycles. The number of fused-ring (bicyclic) bond motifs is 2. The van der Waals surface area contributed by atoms with Crippen LogP contribution < -0.4 is 16.2 Å². The number of carbonyl (C=O) groups excluding carboxylic acids is 1. The average Bonchev–Trinajstić information content (AvgIpc) is 2.53. The Bertz CT molecular complexity index is 796. The third-order valence-corrected chi connectivity index (χ3v) is 7.25. The summed E-state index contributed by atoms with van der Waals surface area (Å²) in [6.45, 7) is 12.7. The highest BCUT2D eigenvalue weighted by atomic mass is 79.9. The SMILES string of the molecule is C[C@@H]1[C@H]2C[C@@H](C[C@H]1Nc1cnn(CC(=O)NC(C)(C)C)c(=O)c1Br)C2(C)C. The van der Waals surface area contributed by atoms with Gasteiger partial charge >= 0.3 is 0 Å². The Kier molecular flexibility index (Phi) is 5.21. The highest BCUT2D eigenvalue weighted by Gasteiger charge is 2.56. The van der Waals surface area contributed by atoms with Crippen LogP contribution in [0.3, 0.4) is 0 Å². The minimum absolute atomic E-state index is 0.0901. The van der Waals surface area contributed by atoms with Crippen LogP contribution in [-0.2, 0) is 11.3 Å². The molecule has 0 unspecified atom stereocenters. The Balaban J connectivity index is 1.71. The highest BCUT2D eigenvalue weighted by Crippen LogP contribution is 2.61. The second-order valence-corrected chi connectivity index (χ2v) is 10.6. The van der Waals surface area contributed by atoms with Gasteiger partial charge in [-0.25, -0.2) is 4.68 Å². The van der Waals surface area contributed by atoms with Gasteiger partial charge in [0.25, 0.3) is 5.56 Å². The molecule has 2 bridgehead atoms. The van der Waals surface area contributed by atoms with E-state index in [0.717, 1.165) is 18.3 Å². The van der Waals surface area contributed by atoms with Crippen LogP contribution in [0, 0.1) is 23.2 Å². The molecule has 27 heavy (non-hydrogen) atoms. The number of halogens is 1. The molecule has 0 aromatic carbocycles. The molecule has 7 heteroatoms. The number of rotatable bonds is 4. The lowest BCUT2D eigenvalue weighted by Gasteiger charge is -2.62. The number of anilines is 1. The minimum Gasteiger partial charge on any atom is -0.380 e. The zero-order valence-corrected chi connectivity index (χ0v) is 18.7. The van der Waals surface area contributed by atoms with Crippen molar-refractivity contribution in [1.29, 1.82) is 0 Å². The van der Waals surface area contributed by atoms with Crippen molar-refractivity contribution in [3.8, 4) is 0 Å². The van der Waals surface area contributed by atoms with E-state index in [9.17, 15) is 9.59 Å². The van der Waals surface area contributed by atoms with Crippen molar-refractivity contribution in [3.63, 3.8) is 0 Å². The van der Waals surface area contributed by atoms with Gasteiger partial charge in [0.1, 0.15) is 11.0 Å². The number of amides is 1. The van der Waals surface area contributed by atoms with Crippen LogP contribution in [0.25, 0.3) is 0 Å². The molecule has 1 amide bonds. The van der Waals surface area contributed by atoms with E-state index in [1.807, 2.05) is 20.8 Å². The maximum atomic E-state index is 12.6. The highest BCUT2D eigenvalue weighted by molar-refractivity contribution is 9.10. The lowest BCUT2D eigenvalue weighted by molar-refractivity contribution is -0.123. The van der Waals surface area contributed by atoms with Crippen LogP contribution in [0.5, 0.6) is 0 Å². The normalized spacial score (nSPS) is 29.0. The van der Waals surface area contributed by atoms with Gasteiger partial charge in [-0.05, 0) is 72.7 Å². The van der Waals surface area contributed by atoms with Crippen molar-refractivity contribution in [2.75, 3.05) is 5.32 Å². The van der Waals surface area contributed by atoms with Gasteiger partial charge in [0.2, 0.25) is 5.91 Å². The molecule has 0 aliphatic heterocycles. The first kappa shape index (κ1) is 20.4. The summed E-state index contributed by atoms with van der Waals surface area (Å²) in [5.41, 5.74) is 0.503. The number of nitrogens with zero attached hydrogens (tertiary/aromatic N) is 2. The summed E-state index contributed by atoms with van der Waals surface area (Å²) in [6.07, 6.45) is 4.08. The van der Waals surface area contributed by atoms with Crippen molar-refractivity contribution in [2.45, 2.75) is 72.5 Å². The van der Waals surface area contributed by atoms with Crippen LogP contribution in [0.15, 0.2) is 15.5 Å². The first-order valence-electron chi connectivity index (χ1n) is 9.73. The van der Waals surface area contributed by atoms with Crippen molar-refractivity contribution in [1.82, 2.24) is 15.1 Å². The van der Waals surface area contributed by atoms with Gasteiger partial charge in [-0.1, -0.05) is 20.8 Å². The van der Waals surface area contributed by atoms with E-state index in [-0.39, 0.29) is 23.6 Å². The molecule has 0 spiro atoms. The monoisotopic (exact) mass is 438 g/mol. The van der Waals surface area contributed by atoms with E-state index in [1.54, 1.807) is 6.20 Å². The fourth-order valence-corrected chi connectivity index (χ4v) is 5.23. The fourth-order valence-electron chi connectivity index (χ4n) is 4.81. The van der Waals surface area contributed by atoms with Gasteiger partial charge in [-0.2, -0.15) is 5.10 Å². The Hall–Kier alpha value is -1.37. The quantitative estimate of drug-likeness (QED) is 0.754. The number of hydrogen-bond donors (Lipinski definition) is 2. The second kappa shape index (κ2) is 6.90. The average molecular weight is 439 g/mol. The van der Waals surface area contributed by atoms with Gasteiger partial charge in [-0.15, -0.1) is 0 Å². The third-order valence-electron chi connectivity index (χ3n) is 6.49. The zero-order chi connectivity index (χ0) is 20.1. The predicted octanol–water partition coefficient (Wildman–Crippen LogP) is 3.40. The molecule has 4 rings (SSSR count). The number of aromatic nitrogens is 2. The van der Waals surface area contributed by atoms with Gasteiger partial charge < -0.3 is 10.6 Å². The maximum Gasteiger partial charge on any atom is 0.283 e. The van der Waals surface area contributed by atoms with E-state index < -0.39 is 0 Å². The van der Waals surface area contributed by atoms with Crippen LogP contribution in [0.4, 0.5) is 5.69 Å². The molecule has 6 nitrogen and oxygen atoms in total. The minimum atomic E-state index is -0.342. The second-order valence-electron chi connectivity index (χ2n) is 9.84. The predicted molar refractivity (Wildman–Crippen MR) is 111 cm³/mol. The molecule has 150 valence electrons. The van der Waals surface area contributed by atoms with Crippen molar-refractivity contribution in [2.24, 2.45) is 23.2 Å². The summed E-state index contributed by atoms with van der Waals surface area (Å²) >= 11 is 3.41. The Morgan fingerprint density at radius 3 is 2.59 bits per heavy atom. The standard InChI is InChI=1S/C20H31BrN4O2/c1-11-13-7-12(20(13,5)6)8-14(11)23-15-9-22-25(18(27)17(15)21)10-16(26)24-19(2,3)4/h9,11-14,23H,7-8,10H2,1-6H3,(H,24,26)/t11-,12+,13-,14-/m1/s1. The molecule has 4 atom stereocenters. The Morgan fingerprint density at radius 1 is 1.37 bits per heavy atom. The van der Waals surface area contributed by atoms with E-state index in [2.05, 4.69) is 52.4 Å². The molecule has 3 saturated carbocycles. The molecule has 3 aliphatic carbocycles. The van der Waals surface area contributed by atoms with Crippen molar-refractivity contribution >= 4 is 27.5 Å². The summed E-state index contributed by atoms with van der Waals surface area (Å²) in [7, 11) is 0. The molecule has 3 aliphatic rings. The summed E-state index contributed by atoms with van der Waals surface area (Å²) in [5.74, 6) is 1.79. The summed E-state index contributed by atoms with van der Waals surface area (Å²) < 4.78 is 1.63. The molecule has 3 fully saturated rings. The third kappa shape index (κ3) is 3.93. The van der Waals surface area contributed by atoms with E-state index in [0.29, 0.717) is 27.5 Å². The number of nitrogens with one attached hydrogen (secondary N) is 2. The Morgan fingerprint density at radius 2 is 2.04 bits per heavy atom. The van der Waals surface area contributed by atoms with Crippen molar-refractivity contribution in [3.05, 3.63) is 21.0 Å². The molecule has 1 heterocycles. The molecule has 1 aromatic heterocycles. The number of hydrogen-bond acceptors (Lipinski definition) is 4. The lowest BCUT2D eigenvalue weighted by atomic mass is 9.45. The summed E-state index contributed by atoms with van der Waals surface area (Å²) in [4.78, 5) is 24.7. The first-order chi connectivity index (χ1) is 12.4. The van der Waals surface area contributed by atoms with E-state index >= 15 is 0 Å². The van der Waals surface area contributed by atoms with E-state index in [1.165, 1.54) is 11.1 Å². The van der Waals surface area contributed by atoms with Gasteiger partial charge in [-0.3, -0.25) is 9.59 Å². The van der Waals surface area contributed by atoms with Gasteiger partial charge in [0, 0.05) is 11.6 Å². The van der Waals surface area contributed by atoms with Crippen LogP contribution in [-0.4, -0.2) is 27.3 Å². The molecular formula is C20H31BrN4O2. The van der Waals surface area contributed by atoms with Crippen LogP contribution >= 0.6 is 15.9 Å². The first-order valence-corrected chi connectivity index (χ1v) is 10.5. The van der Waals surface area contributed by atoms with Crippen molar-refractivity contribution < 1.29 is 4.79 Å². The lowest BCUT2D eigenvalue weighted by Crippen LogP contribution is -2.58. The van der Waals surface area contributed by atoms with Crippen LogP contribution in [0.1, 0.15) is 54.4 Å². The largest absolute Gasteiger partial charge is 0.380 e. The van der Waals surface area contributed by atoms with Crippen LogP contribution in [0.2, 0.25) is 0 Å². The van der Waals surface area contributed by atoms with Gasteiger partial charge in [0.15, 0.2) is 0 Å². The fraction of sp³-hybridized carbons (Fsp3) is 0.750. The Labute approximate surface area is 169 Å². The molecule has 1 aromatic rings. The number of carbonyl (C=O) groups is 1. The molecular weight excluding hydrogens is 408 g/mol. The molecule has 0 radical (unpaired) electrons.